The summed E-state index contributed by atoms with van der Waals surface area (Å²) in [7, 11) is 0. The molecule has 0 radical (unpaired) electrons. The number of amides is 1. The lowest BCUT2D eigenvalue weighted by atomic mass is 10.1. The van der Waals surface area contributed by atoms with Gasteiger partial charge in [0.1, 0.15) is 23.8 Å². The third-order valence-corrected chi connectivity index (χ3v) is 4.73. The molecular formula is C24H19F3N6O. The monoisotopic (exact) mass is 464 g/mol. The normalized spacial score (nSPS) is 11.1. The minimum atomic E-state index is -4.62. The highest BCUT2D eigenvalue weighted by Gasteiger charge is 2.34. The van der Waals surface area contributed by atoms with Gasteiger partial charge in [-0.05, 0) is 61.0 Å². The first-order valence-corrected chi connectivity index (χ1v) is 10.1. The summed E-state index contributed by atoms with van der Waals surface area (Å²) >= 11 is 0. The Morgan fingerprint density at radius 3 is 2.15 bits per heavy atom. The van der Waals surface area contributed by atoms with Crippen LogP contribution in [-0.2, 0) is 6.18 Å². The maximum atomic E-state index is 13.2. The maximum Gasteiger partial charge on any atom is 0.417 e. The number of aryl methyl sites for hydroxylation is 1. The molecule has 2 aromatic heterocycles. The van der Waals surface area contributed by atoms with E-state index in [1.165, 1.54) is 18.5 Å². The molecule has 0 aliphatic heterocycles. The molecule has 4 aromatic rings. The van der Waals surface area contributed by atoms with Gasteiger partial charge in [0.05, 0.1) is 11.1 Å². The molecule has 0 fully saturated rings. The van der Waals surface area contributed by atoms with Crippen molar-refractivity contribution in [2.24, 2.45) is 0 Å². The van der Waals surface area contributed by atoms with Crippen molar-refractivity contribution >= 4 is 34.7 Å². The van der Waals surface area contributed by atoms with E-state index in [2.05, 4.69) is 30.9 Å². The number of nitrogens with one attached hydrogen (secondary N) is 3. The van der Waals surface area contributed by atoms with Crippen LogP contribution < -0.4 is 16.0 Å². The van der Waals surface area contributed by atoms with E-state index in [0.29, 0.717) is 28.8 Å². The molecule has 2 heterocycles. The van der Waals surface area contributed by atoms with Gasteiger partial charge in [0.2, 0.25) is 0 Å². The Kier molecular flexibility index (Phi) is 6.39. The number of carbonyl (C=O) groups is 1. The van der Waals surface area contributed by atoms with Crippen LogP contribution in [0.3, 0.4) is 0 Å². The van der Waals surface area contributed by atoms with Crippen LogP contribution >= 0.6 is 0 Å². The third kappa shape index (κ3) is 5.66. The molecule has 1 amide bonds. The first kappa shape index (κ1) is 22.7. The van der Waals surface area contributed by atoms with E-state index in [1.54, 1.807) is 36.5 Å². The maximum absolute atomic E-state index is 13.2. The smallest absolute Gasteiger partial charge is 0.340 e. The third-order valence-electron chi connectivity index (χ3n) is 4.73. The van der Waals surface area contributed by atoms with Crippen molar-refractivity contribution in [3.8, 4) is 0 Å². The molecule has 2 aromatic carbocycles. The predicted molar refractivity (Wildman–Crippen MR) is 123 cm³/mol. The number of halogens is 3. The lowest BCUT2D eigenvalue weighted by Crippen LogP contribution is -2.18. The zero-order valence-corrected chi connectivity index (χ0v) is 17.9. The van der Waals surface area contributed by atoms with E-state index in [4.69, 9.17) is 0 Å². The summed E-state index contributed by atoms with van der Waals surface area (Å²) in [5, 5.41) is 8.71. The van der Waals surface area contributed by atoms with Gasteiger partial charge in [-0.3, -0.25) is 4.79 Å². The van der Waals surface area contributed by atoms with Crippen LogP contribution in [0, 0.1) is 6.92 Å². The molecule has 0 atom stereocenters. The standard InChI is InChI=1S/C24H19F3N6O/c1-15-10-11-28-20(12-15)33-22-13-21(29-14-30-22)31-16-6-8-17(9-7-16)32-23(34)18-4-2-3-5-19(18)24(25,26)27/h2-14H,1H3,(H,32,34)(H2,28,29,30,31,33). The summed E-state index contributed by atoms with van der Waals surface area (Å²) in [4.78, 5) is 25.0. The van der Waals surface area contributed by atoms with Crippen molar-refractivity contribution in [2.75, 3.05) is 16.0 Å². The van der Waals surface area contributed by atoms with E-state index in [0.717, 1.165) is 17.7 Å². The fourth-order valence-electron chi connectivity index (χ4n) is 3.14. The van der Waals surface area contributed by atoms with Crippen molar-refractivity contribution in [1.82, 2.24) is 15.0 Å². The minimum Gasteiger partial charge on any atom is -0.340 e. The van der Waals surface area contributed by atoms with Crippen LogP contribution in [0.2, 0.25) is 0 Å². The topological polar surface area (TPSA) is 91.8 Å². The number of pyridine rings is 1. The number of hydrogen-bond acceptors (Lipinski definition) is 6. The van der Waals surface area contributed by atoms with Gasteiger partial charge in [0.25, 0.3) is 5.91 Å². The summed E-state index contributed by atoms with van der Waals surface area (Å²) in [6, 6.07) is 16.6. The Labute approximate surface area is 193 Å². The summed E-state index contributed by atoms with van der Waals surface area (Å²) in [6.45, 7) is 1.96. The Bertz CT molecular complexity index is 1310. The van der Waals surface area contributed by atoms with Crippen LogP contribution in [0.5, 0.6) is 0 Å². The predicted octanol–water partition coefficient (Wildman–Crippen LogP) is 5.94. The first-order chi connectivity index (χ1) is 16.3. The summed E-state index contributed by atoms with van der Waals surface area (Å²) in [5.41, 5.74) is 0.634. The van der Waals surface area contributed by atoms with Gasteiger partial charge in [-0.1, -0.05) is 12.1 Å². The molecule has 10 heteroatoms. The van der Waals surface area contributed by atoms with Crippen LogP contribution in [0.15, 0.2) is 79.3 Å². The number of aromatic nitrogens is 3. The van der Waals surface area contributed by atoms with E-state index < -0.39 is 23.2 Å². The summed E-state index contributed by atoms with van der Waals surface area (Å²) in [6.07, 6.45) is -1.53. The number of hydrogen-bond donors (Lipinski definition) is 3. The highest BCUT2D eigenvalue weighted by Crippen LogP contribution is 2.32. The first-order valence-electron chi connectivity index (χ1n) is 10.1. The molecule has 0 aliphatic carbocycles. The van der Waals surface area contributed by atoms with Crippen LogP contribution in [0.4, 0.5) is 42.0 Å². The van der Waals surface area contributed by atoms with Crippen molar-refractivity contribution in [3.63, 3.8) is 0 Å². The lowest BCUT2D eigenvalue weighted by Gasteiger charge is -2.13. The molecule has 4 rings (SSSR count). The minimum absolute atomic E-state index is 0.350. The SMILES string of the molecule is Cc1ccnc(Nc2cc(Nc3ccc(NC(=O)c4ccccc4C(F)(F)F)cc3)ncn2)c1. The lowest BCUT2D eigenvalue weighted by molar-refractivity contribution is -0.137. The van der Waals surface area contributed by atoms with Gasteiger partial charge in [-0.15, -0.1) is 0 Å². The Balaban J connectivity index is 1.42. The highest BCUT2D eigenvalue weighted by molar-refractivity contribution is 6.05. The van der Waals surface area contributed by atoms with Gasteiger partial charge in [0, 0.05) is 23.6 Å². The van der Waals surface area contributed by atoms with Crippen LogP contribution in [-0.4, -0.2) is 20.9 Å². The molecule has 0 saturated carbocycles. The second-order valence-corrected chi connectivity index (χ2v) is 7.33. The number of anilines is 5. The van der Waals surface area contributed by atoms with Crippen molar-refractivity contribution in [1.29, 1.82) is 0 Å². The average Bonchev–Trinajstić information content (AvgIpc) is 2.80. The molecular weight excluding hydrogens is 445 g/mol. The van der Waals surface area contributed by atoms with E-state index in [1.807, 2.05) is 19.1 Å². The van der Waals surface area contributed by atoms with E-state index in [9.17, 15) is 18.0 Å². The fourth-order valence-corrected chi connectivity index (χ4v) is 3.14. The van der Waals surface area contributed by atoms with Crippen LogP contribution in [0.25, 0.3) is 0 Å². The number of rotatable bonds is 6. The van der Waals surface area contributed by atoms with Crippen molar-refractivity contribution in [2.45, 2.75) is 13.1 Å². The molecule has 0 bridgehead atoms. The summed E-state index contributed by atoms with van der Waals surface area (Å²) in [5.74, 6) is 0.866. The molecule has 0 spiro atoms. The van der Waals surface area contributed by atoms with E-state index >= 15 is 0 Å². The molecule has 0 unspecified atom stereocenters. The quantitative estimate of drug-likeness (QED) is 0.327. The van der Waals surface area contributed by atoms with Gasteiger partial charge in [-0.2, -0.15) is 13.2 Å². The van der Waals surface area contributed by atoms with Crippen molar-refractivity contribution in [3.05, 3.63) is 95.9 Å². The molecule has 172 valence electrons. The number of nitrogens with zero attached hydrogens (tertiary/aromatic N) is 3. The number of carbonyl (C=O) groups excluding carboxylic acids is 1. The molecule has 0 saturated heterocycles. The molecule has 34 heavy (non-hydrogen) atoms. The second-order valence-electron chi connectivity index (χ2n) is 7.33. The van der Waals surface area contributed by atoms with E-state index in [-0.39, 0.29) is 0 Å². The van der Waals surface area contributed by atoms with Gasteiger partial charge in [-0.25, -0.2) is 15.0 Å². The van der Waals surface area contributed by atoms with Gasteiger partial charge >= 0.3 is 6.18 Å². The zero-order chi connectivity index (χ0) is 24.1. The molecule has 3 N–H and O–H groups in total. The Morgan fingerprint density at radius 2 is 1.44 bits per heavy atom. The second kappa shape index (κ2) is 9.57. The number of benzene rings is 2. The Morgan fingerprint density at radius 1 is 0.794 bits per heavy atom. The largest absolute Gasteiger partial charge is 0.417 e. The van der Waals surface area contributed by atoms with Gasteiger partial charge < -0.3 is 16.0 Å². The molecule has 0 aliphatic rings. The number of alkyl halides is 3. The molecule has 7 nitrogen and oxygen atoms in total. The Hall–Kier alpha value is -4.47. The van der Waals surface area contributed by atoms with Gasteiger partial charge in [0.15, 0.2) is 0 Å². The van der Waals surface area contributed by atoms with Crippen LogP contribution in [0.1, 0.15) is 21.5 Å². The zero-order valence-electron chi connectivity index (χ0n) is 17.9. The fraction of sp³-hybridized carbons (Fsp3) is 0.0833. The van der Waals surface area contributed by atoms with Crippen molar-refractivity contribution < 1.29 is 18.0 Å². The summed E-state index contributed by atoms with van der Waals surface area (Å²) < 4.78 is 39.5. The highest BCUT2D eigenvalue weighted by atomic mass is 19.4. The average molecular weight is 464 g/mol.